The molecule has 0 aliphatic heterocycles. The lowest BCUT2D eigenvalue weighted by molar-refractivity contribution is -0.116. The lowest BCUT2D eigenvalue weighted by Gasteiger charge is -2.12. The summed E-state index contributed by atoms with van der Waals surface area (Å²) in [6, 6.07) is 16.5. The monoisotopic (exact) mass is 363 g/mol. The van der Waals surface area contributed by atoms with Crippen LogP contribution in [0.25, 0.3) is 11.4 Å². The topological polar surface area (TPSA) is 80.1 Å². The van der Waals surface area contributed by atoms with Crippen molar-refractivity contribution in [3.63, 3.8) is 0 Å². The van der Waals surface area contributed by atoms with Gasteiger partial charge in [-0.15, -0.1) is 0 Å². The van der Waals surface area contributed by atoms with Crippen LogP contribution in [0.5, 0.6) is 0 Å². The molecule has 0 spiro atoms. The highest BCUT2D eigenvalue weighted by molar-refractivity contribution is 5.97. The number of hydrogen-bond donors (Lipinski definition) is 1. The Balaban J connectivity index is 1.76. The van der Waals surface area contributed by atoms with Crippen LogP contribution in [-0.4, -0.2) is 45.6 Å². The van der Waals surface area contributed by atoms with Crippen molar-refractivity contribution in [1.29, 1.82) is 0 Å². The second-order valence-corrected chi connectivity index (χ2v) is 6.33. The first-order chi connectivity index (χ1) is 12.9. The molecule has 7 nitrogen and oxygen atoms in total. The number of amides is 2. The molecule has 138 valence electrons. The van der Waals surface area contributed by atoms with Crippen LogP contribution in [0.2, 0.25) is 0 Å². The number of nitrogens with zero attached hydrogens (tertiary/aromatic N) is 4. The summed E-state index contributed by atoms with van der Waals surface area (Å²) in [5.74, 6) is 0.871. The van der Waals surface area contributed by atoms with Crippen LogP contribution in [0.3, 0.4) is 0 Å². The van der Waals surface area contributed by atoms with E-state index >= 15 is 0 Å². The van der Waals surface area contributed by atoms with Gasteiger partial charge < -0.3 is 10.2 Å². The van der Waals surface area contributed by atoms with Crippen molar-refractivity contribution < 1.29 is 9.59 Å². The van der Waals surface area contributed by atoms with Gasteiger partial charge in [-0.2, -0.15) is 5.10 Å². The zero-order chi connectivity index (χ0) is 19.4. The van der Waals surface area contributed by atoms with Crippen LogP contribution in [-0.2, 0) is 11.3 Å². The molecule has 0 aliphatic rings. The van der Waals surface area contributed by atoms with Crippen LogP contribution in [0.15, 0.2) is 54.6 Å². The Hall–Kier alpha value is -3.48. The van der Waals surface area contributed by atoms with Gasteiger partial charge in [0.05, 0.1) is 0 Å². The van der Waals surface area contributed by atoms with E-state index in [-0.39, 0.29) is 18.4 Å². The van der Waals surface area contributed by atoms with Gasteiger partial charge >= 0.3 is 0 Å². The van der Waals surface area contributed by atoms with E-state index in [1.807, 2.05) is 30.3 Å². The van der Waals surface area contributed by atoms with Crippen molar-refractivity contribution >= 4 is 17.5 Å². The maximum Gasteiger partial charge on any atom is 0.253 e. The molecule has 0 unspecified atom stereocenters. The summed E-state index contributed by atoms with van der Waals surface area (Å²) in [5, 5.41) is 7.14. The largest absolute Gasteiger partial charge is 0.345 e. The second kappa shape index (κ2) is 7.82. The van der Waals surface area contributed by atoms with Gasteiger partial charge in [-0.05, 0) is 25.1 Å². The number of aryl methyl sites for hydroxylation is 1. The van der Waals surface area contributed by atoms with E-state index in [9.17, 15) is 9.59 Å². The summed E-state index contributed by atoms with van der Waals surface area (Å²) in [7, 11) is 3.37. The predicted molar refractivity (Wildman–Crippen MR) is 103 cm³/mol. The number of nitrogens with one attached hydrogen (secondary N) is 1. The third kappa shape index (κ3) is 4.38. The molecular weight excluding hydrogens is 342 g/mol. The van der Waals surface area contributed by atoms with Crippen LogP contribution in [0.1, 0.15) is 16.2 Å². The van der Waals surface area contributed by atoms with Crippen LogP contribution < -0.4 is 5.32 Å². The van der Waals surface area contributed by atoms with Crippen molar-refractivity contribution in [2.45, 2.75) is 13.5 Å². The SMILES string of the molecule is Cc1nc(-c2ccccc2)n(CC(=O)Nc2cccc(C(=O)N(C)C)c2)n1. The Morgan fingerprint density at radius 3 is 2.52 bits per heavy atom. The number of anilines is 1. The maximum absolute atomic E-state index is 12.5. The number of hydrogen-bond acceptors (Lipinski definition) is 4. The Kier molecular flexibility index (Phi) is 5.30. The normalized spacial score (nSPS) is 10.5. The van der Waals surface area contributed by atoms with Crippen molar-refractivity contribution in [1.82, 2.24) is 19.7 Å². The molecule has 0 saturated heterocycles. The predicted octanol–water partition coefficient (Wildman–Crippen LogP) is 2.59. The molecule has 1 aromatic heterocycles. The smallest absolute Gasteiger partial charge is 0.253 e. The molecule has 0 fully saturated rings. The first-order valence-corrected chi connectivity index (χ1v) is 8.52. The summed E-state index contributed by atoms with van der Waals surface area (Å²) in [6.45, 7) is 1.81. The molecule has 0 bridgehead atoms. The average molecular weight is 363 g/mol. The summed E-state index contributed by atoms with van der Waals surface area (Å²) in [6.07, 6.45) is 0. The van der Waals surface area contributed by atoms with Crippen molar-refractivity contribution in [3.05, 3.63) is 66.0 Å². The van der Waals surface area contributed by atoms with Crippen molar-refractivity contribution in [3.8, 4) is 11.4 Å². The highest BCUT2D eigenvalue weighted by Gasteiger charge is 2.14. The summed E-state index contributed by atoms with van der Waals surface area (Å²) in [4.78, 5) is 30.5. The fourth-order valence-electron chi connectivity index (χ4n) is 2.69. The van der Waals surface area contributed by atoms with Gasteiger partial charge in [-0.3, -0.25) is 9.59 Å². The van der Waals surface area contributed by atoms with E-state index in [1.165, 1.54) is 4.90 Å². The summed E-state index contributed by atoms with van der Waals surface area (Å²) < 4.78 is 1.58. The van der Waals surface area contributed by atoms with Gasteiger partial charge in [-0.25, -0.2) is 9.67 Å². The summed E-state index contributed by atoms with van der Waals surface area (Å²) >= 11 is 0. The molecule has 1 N–H and O–H groups in total. The van der Waals surface area contributed by atoms with Gasteiger partial charge in [0.1, 0.15) is 12.4 Å². The Morgan fingerprint density at radius 1 is 1.07 bits per heavy atom. The van der Waals surface area contributed by atoms with Gasteiger partial charge in [-0.1, -0.05) is 36.4 Å². The van der Waals surface area contributed by atoms with Crippen LogP contribution in [0, 0.1) is 6.92 Å². The quantitative estimate of drug-likeness (QED) is 0.756. The minimum absolute atomic E-state index is 0.0247. The first kappa shape index (κ1) is 18.3. The molecule has 0 aliphatic carbocycles. The zero-order valence-electron chi connectivity index (χ0n) is 15.5. The van der Waals surface area contributed by atoms with E-state index in [0.717, 1.165) is 5.56 Å². The number of carbonyl (C=O) groups is 2. The molecule has 2 amide bonds. The third-order valence-corrected chi connectivity index (χ3v) is 3.90. The highest BCUT2D eigenvalue weighted by Crippen LogP contribution is 2.17. The molecule has 27 heavy (non-hydrogen) atoms. The number of rotatable bonds is 5. The van der Waals surface area contributed by atoms with Crippen LogP contribution >= 0.6 is 0 Å². The van der Waals surface area contributed by atoms with E-state index in [0.29, 0.717) is 22.9 Å². The number of aromatic nitrogens is 3. The maximum atomic E-state index is 12.5. The first-order valence-electron chi connectivity index (χ1n) is 8.52. The minimum Gasteiger partial charge on any atom is -0.345 e. The average Bonchev–Trinajstić information content (AvgIpc) is 3.02. The van der Waals surface area contributed by atoms with Crippen molar-refractivity contribution in [2.24, 2.45) is 0 Å². The molecule has 2 aromatic carbocycles. The highest BCUT2D eigenvalue weighted by atomic mass is 16.2. The summed E-state index contributed by atoms with van der Waals surface area (Å²) in [5.41, 5.74) is 1.97. The van der Waals surface area contributed by atoms with Gasteiger partial charge in [0.25, 0.3) is 5.91 Å². The van der Waals surface area contributed by atoms with Crippen LogP contribution in [0.4, 0.5) is 5.69 Å². The Morgan fingerprint density at radius 2 is 1.81 bits per heavy atom. The lowest BCUT2D eigenvalue weighted by atomic mass is 10.2. The molecule has 0 radical (unpaired) electrons. The van der Waals surface area contributed by atoms with Gasteiger partial charge in [0.2, 0.25) is 5.91 Å². The molecule has 3 aromatic rings. The third-order valence-electron chi connectivity index (χ3n) is 3.90. The Labute approximate surface area is 157 Å². The molecule has 3 rings (SSSR count). The molecule has 7 heteroatoms. The number of carbonyl (C=O) groups excluding carboxylic acids is 2. The van der Waals surface area contributed by atoms with Gasteiger partial charge in [0, 0.05) is 30.9 Å². The minimum atomic E-state index is -0.244. The zero-order valence-corrected chi connectivity index (χ0v) is 15.5. The molecule has 0 atom stereocenters. The second-order valence-electron chi connectivity index (χ2n) is 6.33. The van der Waals surface area contributed by atoms with E-state index in [1.54, 1.807) is 50.0 Å². The van der Waals surface area contributed by atoms with E-state index in [2.05, 4.69) is 15.4 Å². The fraction of sp³-hybridized carbons (Fsp3) is 0.200. The lowest BCUT2D eigenvalue weighted by Crippen LogP contribution is -2.23. The van der Waals surface area contributed by atoms with E-state index < -0.39 is 0 Å². The Bertz CT molecular complexity index is 964. The van der Waals surface area contributed by atoms with Crippen molar-refractivity contribution in [2.75, 3.05) is 19.4 Å². The standard InChI is InChI=1S/C20H21N5O2/c1-14-21-19(15-8-5-4-6-9-15)25(23-14)13-18(26)22-17-11-7-10-16(12-17)20(27)24(2)3/h4-12H,13H2,1-3H3,(H,22,26). The van der Waals surface area contributed by atoms with Gasteiger partial charge in [0.15, 0.2) is 5.82 Å². The molecule has 1 heterocycles. The van der Waals surface area contributed by atoms with E-state index in [4.69, 9.17) is 0 Å². The molecular formula is C20H21N5O2. The number of benzene rings is 2. The molecule has 0 saturated carbocycles. The fourth-order valence-corrected chi connectivity index (χ4v) is 2.69.